The van der Waals surface area contributed by atoms with E-state index in [0.717, 1.165) is 0 Å². The molecule has 0 aliphatic heterocycles. The fraction of sp³-hybridized carbons (Fsp3) is 0.400. The normalized spacial score (nSPS) is 10.8. The van der Waals surface area contributed by atoms with E-state index in [9.17, 15) is 4.79 Å². The van der Waals surface area contributed by atoms with E-state index in [1.807, 2.05) is 39.0 Å². The number of rotatable bonds is 4. The van der Waals surface area contributed by atoms with Gasteiger partial charge < -0.3 is 9.42 Å². The van der Waals surface area contributed by atoms with E-state index in [4.69, 9.17) is 4.52 Å². The molecule has 0 aliphatic rings. The molecule has 2 aromatic rings. The lowest BCUT2D eigenvalue weighted by atomic mass is 10.1. The summed E-state index contributed by atoms with van der Waals surface area (Å²) in [7, 11) is 1.77. The van der Waals surface area contributed by atoms with E-state index in [-0.39, 0.29) is 11.8 Å². The Morgan fingerprint density at radius 2 is 2.05 bits per heavy atom. The van der Waals surface area contributed by atoms with Crippen LogP contribution >= 0.6 is 0 Å². The monoisotopic (exact) mass is 273 g/mol. The molecule has 0 saturated carbocycles. The lowest BCUT2D eigenvalue weighted by molar-refractivity contribution is 0.0803. The second-order valence-corrected chi connectivity index (χ2v) is 4.98. The fourth-order valence-corrected chi connectivity index (χ4v) is 1.78. The average Bonchev–Trinajstić information content (AvgIpc) is 2.95. The van der Waals surface area contributed by atoms with Crippen molar-refractivity contribution >= 4 is 5.91 Å². The minimum absolute atomic E-state index is 0.0487. The van der Waals surface area contributed by atoms with Gasteiger partial charge in [0.15, 0.2) is 5.82 Å². The van der Waals surface area contributed by atoms with E-state index in [1.165, 1.54) is 0 Å². The van der Waals surface area contributed by atoms with Crippen molar-refractivity contribution in [1.82, 2.24) is 15.0 Å². The maximum atomic E-state index is 12.3. The predicted molar refractivity (Wildman–Crippen MR) is 76.5 cm³/mol. The van der Waals surface area contributed by atoms with Gasteiger partial charge in [-0.15, -0.1) is 0 Å². The molecule has 0 atom stereocenters. The molecule has 0 spiro atoms. The summed E-state index contributed by atoms with van der Waals surface area (Å²) in [5.41, 5.74) is 1.26. The predicted octanol–water partition coefficient (Wildman–Crippen LogP) is 2.95. The standard InChI is InChI=1S/C15H19N3O2/c1-5-18(4)15(19)12-9-7-6-8-11(12)14-16-13(10(2)3)17-20-14/h6-10H,5H2,1-4H3. The molecule has 1 aromatic heterocycles. The van der Waals surface area contributed by atoms with Gasteiger partial charge in [0.2, 0.25) is 0 Å². The lowest BCUT2D eigenvalue weighted by Gasteiger charge is -2.15. The molecule has 0 N–H and O–H groups in total. The summed E-state index contributed by atoms with van der Waals surface area (Å²) in [6.07, 6.45) is 0. The Morgan fingerprint density at radius 1 is 1.35 bits per heavy atom. The van der Waals surface area contributed by atoms with E-state index in [2.05, 4.69) is 10.1 Å². The third-order valence-electron chi connectivity index (χ3n) is 3.17. The van der Waals surface area contributed by atoms with Gasteiger partial charge in [0.25, 0.3) is 11.8 Å². The summed E-state index contributed by atoms with van der Waals surface area (Å²) >= 11 is 0. The Morgan fingerprint density at radius 3 is 2.65 bits per heavy atom. The molecular weight excluding hydrogens is 254 g/mol. The highest BCUT2D eigenvalue weighted by molar-refractivity contribution is 5.99. The number of hydrogen-bond acceptors (Lipinski definition) is 4. The molecule has 5 heteroatoms. The minimum atomic E-state index is -0.0487. The molecule has 1 amide bonds. The second-order valence-electron chi connectivity index (χ2n) is 4.98. The number of aromatic nitrogens is 2. The van der Waals surface area contributed by atoms with Crippen molar-refractivity contribution < 1.29 is 9.32 Å². The molecule has 1 aromatic carbocycles. The zero-order chi connectivity index (χ0) is 14.7. The van der Waals surface area contributed by atoms with E-state index in [1.54, 1.807) is 18.0 Å². The van der Waals surface area contributed by atoms with Crippen molar-refractivity contribution in [3.8, 4) is 11.5 Å². The Kier molecular flexibility index (Phi) is 4.17. The largest absolute Gasteiger partial charge is 0.342 e. The topological polar surface area (TPSA) is 59.2 Å². The van der Waals surface area contributed by atoms with Gasteiger partial charge in [0.1, 0.15) is 0 Å². The van der Waals surface area contributed by atoms with E-state index >= 15 is 0 Å². The number of benzene rings is 1. The van der Waals surface area contributed by atoms with Gasteiger partial charge in [0.05, 0.1) is 11.1 Å². The molecule has 0 bridgehead atoms. The van der Waals surface area contributed by atoms with Crippen LogP contribution in [0, 0.1) is 0 Å². The van der Waals surface area contributed by atoms with Crippen LogP contribution in [-0.2, 0) is 0 Å². The first-order chi connectivity index (χ1) is 9.54. The lowest BCUT2D eigenvalue weighted by Crippen LogP contribution is -2.26. The zero-order valence-corrected chi connectivity index (χ0v) is 12.3. The summed E-state index contributed by atoms with van der Waals surface area (Å²) in [5, 5.41) is 3.95. The van der Waals surface area contributed by atoms with Crippen LogP contribution in [0.1, 0.15) is 42.9 Å². The van der Waals surface area contributed by atoms with E-state index < -0.39 is 0 Å². The summed E-state index contributed by atoms with van der Waals surface area (Å²) in [4.78, 5) is 18.4. The van der Waals surface area contributed by atoms with Gasteiger partial charge in [-0.2, -0.15) is 4.98 Å². The number of amides is 1. The Balaban J connectivity index is 2.43. The van der Waals surface area contributed by atoms with Gasteiger partial charge in [-0.1, -0.05) is 31.1 Å². The maximum Gasteiger partial charge on any atom is 0.258 e. The Labute approximate surface area is 118 Å². The van der Waals surface area contributed by atoms with Crippen LogP contribution in [-0.4, -0.2) is 34.5 Å². The van der Waals surface area contributed by atoms with Crippen molar-refractivity contribution in [3.63, 3.8) is 0 Å². The highest BCUT2D eigenvalue weighted by Crippen LogP contribution is 2.24. The first kappa shape index (κ1) is 14.2. The average molecular weight is 273 g/mol. The number of carbonyl (C=O) groups excluding carboxylic acids is 1. The highest BCUT2D eigenvalue weighted by atomic mass is 16.5. The maximum absolute atomic E-state index is 12.3. The number of nitrogens with zero attached hydrogens (tertiary/aromatic N) is 3. The molecule has 5 nitrogen and oxygen atoms in total. The first-order valence-electron chi connectivity index (χ1n) is 6.73. The molecule has 1 heterocycles. The van der Waals surface area contributed by atoms with Crippen molar-refractivity contribution in [2.75, 3.05) is 13.6 Å². The van der Waals surface area contributed by atoms with Crippen LogP contribution in [0.4, 0.5) is 0 Å². The summed E-state index contributed by atoms with van der Waals surface area (Å²) in [6, 6.07) is 7.30. The molecule has 0 radical (unpaired) electrons. The van der Waals surface area contributed by atoms with Crippen LogP contribution in [0.25, 0.3) is 11.5 Å². The molecular formula is C15H19N3O2. The Hall–Kier alpha value is -2.17. The third kappa shape index (κ3) is 2.71. The van der Waals surface area contributed by atoms with Crippen LogP contribution in [0.5, 0.6) is 0 Å². The van der Waals surface area contributed by atoms with Crippen molar-refractivity contribution in [2.45, 2.75) is 26.7 Å². The van der Waals surface area contributed by atoms with Crippen molar-refractivity contribution in [2.24, 2.45) is 0 Å². The van der Waals surface area contributed by atoms with Gasteiger partial charge in [-0.05, 0) is 19.1 Å². The van der Waals surface area contributed by atoms with Gasteiger partial charge in [-0.25, -0.2) is 0 Å². The highest BCUT2D eigenvalue weighted by Gasteiger charge is 2.19. The summed E-state index contributed by atoms with van der Waals surface area (Å²) in [6.45, 7) is 6.57. The SMILES string of the molecule is CCN(C)C(=O)c1ccccc1-c1nc(C(C)C)no1. The van der Waals surface area contributed by atoms with Gasteiger partial charge >= 0.3 is 0 Å². The first-order valence-corrected chi connectivity index (χ1v) is 6.73. The summed E-state index contributed by atoms with van der Waals surface area (Å²) in [5.74, 6) is 1.18. The van der Waals surface area contributed by atoms with Crippen molar-refractivity contribution in [1.29, 1.82) is 0 Å². The van der Waals surface area contributed by atoms with Crippen LogP contribution < -0.4 is 0 Å². The molecule has 0 unspecified atom stereocenters. The van der Waals surface area contributed by atoms with Crippen LogP contribution in [0.3, 0.4) is 0 Å². The van der Waals surface area contributed by atoms with E-state index in [0.29, 0.717) is 29.4 Å². The third-order valence-corrected chi connectivity index (χ3v) is 3.17. The molecule has 20 heavy (non-hydrogen) atoms. The molecule has 2 rings (SSSR count). The fourth-order valence-electron chi connectivity index (χ4n) is 1.78. The zero-order valence-electron chi connectivity index (χ0n) is 12.3. The smallest absolute Gasteiger partial charge is 0.258 e. The molecule has 106 valence electrons. The van der Waals surface area contributed by atoms with Gasteiger partial charge in [-0.3, -0.25) is 4.79 Å². The minimum Gasteiger partial charge on any atom is -0.342 e. The summed E-state index contributed by atoms with van der Waals surface area (Å²) < 4.78 is 5.28. The van der Waals surface area contributed by atoms with Gasteiger partial charge in [0, 0.05) is 19.5 Å². The van der Waals surface area contributed by atoms with Crippen molar-refractivity contribution in [3.05, 3.63) is 35.7 Å². The quantitative estimate of drug-likeness (QED) is 0.859. The molecule has 0 fully saturated rings. The number of carbonyl (C=O) groups is 1. The van der Waals surface area contributed by atoms with Crippen LogP contribution in [0.15, 0.2) is 28.8 Å². The molecule has 0 saturated heterocycles. The van der Waals surface area contributed by atoms with Crippen LogP contribution in [0.2, 0.25) is 0 Å². The number of hydrogen-bond donors (Lipinski definition) is 0. The Bertz CT molecular complexity index is 605. The second kappa shape index (κ2) is 5.86. The molecule has 0 aliphatic carbocycles.